The molecule has 0 spiro atoms. The zero-order valence-electron chi connectivity index (χ0n) is 12.7. The van der Waals surface area contributed by atoms with E-state index in [-0.39, 0.29) is 15.7 Å². The number of aryl methyl sites for hydroxylation is 1. The molecule has 0 saturated heterocycles. The number of benzene rings is 2. The number of sulfone groups is 1. The van der Waals surface area contributed by atoms with E-state index in [2.05, 4.69) is 4.98 Å². The maximum Gasteiger partial charge on any atom is 0.227 e. The number of aromatic nitrogens is 1. The standard InChI is InChI=1S/C17H15NO4S/c1-12-3-9-15(10-4-12)23(19,20)17-16(22-11-18-17)13-5-7-14(21-2)8-6-13/h3-11H,1-2H3. The average Bonchev–Trinajstić information content (AvgIpc) is 3.06. The minimum absolute atomic E-state index is 0.0912. The van der Waals surface area contributed by atoms with Crippen LogP contribution in [0.1, 0.15) is 5.56 Å². The van der Waals surface area contributed by atoms with Crippen LogP contribution in [0.15, 0.2) is 69.3 Å². The summed E-state index contributed by atoms with van der Waals surface area (Å²) >= 11 is 0. The normalized spacial score (nSPS) is 11.4. The van der Waals surface area contributed by atoms with Gasteiger partial charge in [0.15, 0.2) is 12.2 Å². The van der Waals surface area contributed by atoms with Gasteiger partial charge in [-0.15, -0.1) is 0 Å². The fraction of sp³-hybridized carbons (Fsp3) is 0.118. The van der Waals surface area contributed by atoms with E-state index in [9.17, 15) is 8.42 Å². The van der Waals surface area contributed by atoms with Crippen molar-refractivity contribution in [3.63, 3.8) is 0 Å². The lowest BCUT2D eigenvalue weighted by molar-refractivity contribution is 0.415. The zero-order chi connectivity index (χ0) is 16.4. The summed E-state index contributed by atoms with van der Waals surface area (Å²) in [6.45, 7) is 1.90. The van der Waals surface area contributed by atoms with Crippen molar-refractivity contribution in [2.24, 2.45) is 0 Å². The molecule has 6 heteroatoms. The van der Waals surface area contributed by atoms with Gasteiger partial charge >= 0.3 is 0 Å². The van der Waals surface area contributed by atoms with Gasteiger partial charge in [0, 0.05) is 5.56 Å². The van der Waals surface area contributed by atoms with E-state index in [1.807, 2.05) is 6.92 Å². The Balaban J connectivity index is 2.07. The molecule has 23 heavy (non-hydrogen) atoms. The molecule has 118 valence electrons. The van der Waals surface area contributed by atoms with Gasteiger partial charge in [-0.05, 0) is 43.3 Å². The molecule has 0 aliphatic heterocycles. The van der Waals surface area contributed by atoms with Crippen LogP contribution >= 0.6 is 0 Å². The van der Waals surface area contributed by atoms with Crippen LogP contribution < -0.4 is 4.74 Å². The van der Waals surface area contributed by atoms with Gasteiger partial charge in [-0.3, -0.25) is 0 Å². The number of methoxy groups -OCH3 is 1. The van der Waals surface area contributed by atoms with Gasteiger partial charge in [0.05, 0.1) is 12.0 Å². The second-order valence-electron chi connectivity index (χ2n) is 5.03. The molecule has 2 aromatic carbocycles. The van der Waals surface area contributed by atoms with Crippen LogP contribution in [0, 0.1) is 6.92 Å². The van der Waals surface area contributed by atoms with Crippen LogP contribution in [0.4, 0.5) is 0 Å². The van der Waals surface area contributed by atoms with E-state index < -0.39 is 9.84 Å². The molecule has 0 fully saturated rings. The number of rotatable bonds is 4. The molecule has 3 aromatic rings. The van der Waals surface area contributed by atoms with Gasteiger partial charge in [-0.25, -0.2) is 13.4 Å². The molecule has 0 aliphatic carbocycles. The predicted molar refractivity (Wildman–Crippen MR) is 85.1 cm³/mol. The van der Waals surface area contributed by atoms with Gasteiger partial charge < -0.3 is 9.15 Å². The summed E-state index contributed by atoms with van der Waals surface area (Å²) in [7, 11) is -2.18. The first-order valence-corrected chi connectivity index (χ1v) is 8.40. The van der Waals surface area contributed by atoms with Crippen molar-refractivity contribution in [2.75, 3.05) is 7.11 Å². The van der Waals surface area contributed by atoms with E-state index in [1.54, 1.807) is 55.6 Å². The van der Waals surface area contributed by atoms with Gasteiger partial charge in [0.25, 0.3) is 0 Å². The number of hydrogen-bond acceptors (Lipinski definition) is 5. The summed E-state index contributed by atoms with van der Waals surface area (Å²) in [5.41, 5.74) is 1.61. The fourth-order valence-corrected chi connectivity index (χ4v) is 3.50. The average molecular weight is 329 g/mol. The van der Waals surface area contributed by atoms with Crippen molar-refractivity contribution < 1.29 is 17.6 Å². The summed E-state index contributed by atoms with van der Waals surface area (Å²) in [4.78, 5) is 4.11. The number of ether oxygens (including phenoxy) is 1. The third-order valence-electron chi connectivity index (χ3n) is 3.47. The van der Waals surface area contributed by atoms with Crippen LogP contribution in [0.5, 0.6) is 5.75 Å². The van der Waals surface area contributed by atoms with E-state index in [0.29, 0.717) is 11.3 Å². The van der Waals surface area contributed by atoms with Crippen molar-refractivity contribution in [1.82, 2.24) is 4.98 Å². The molecular formula is C17H15NO4S. The lowest BCUT2D eigenvalue weighted by Gasteiger charge is -2.05. The lowest BCUT2D eigenvalue weighted by Crippen LogP contribution is -2.04. The van der Waals surface area contributed by atoms with Gasteiger partial charge in [0.2, 0.25) is 14.9 Å². The molecule has 3 rings (SSSR count). The molecule has 0 radical (unpaired) electrons. The Labute approximate surface area is 134 Å². The Bertz CT molecular complexity index is 910. The maximum absolute atomic E-state index is 12.8. The second-order valence-corrected chi connectivity index (χ2v) is 6.90. The van der Waals surface area contributed by atoms with Gasteiger partial charge in [0.1, 0.15) is 5.75 Å². The van der Waals surface area contributed by atoms with Crippen LogP contribution in [0.3, 0.4) is 0 Å². The summed E-state index contributed by atoms with van der Waals surface area (Å²) in [5, 5.41) is -0.0912. The van der Waals surface area contributed by atoms with Crippen LogP contribution in [0.2, 0.25) is 0 Å². The maximum atomic E-state index is 12.8. The molecule has 0 unspecified atom stereocenters. The Morgan fingerprint density at radius 3 is 2.26 bits per heavy atom. The van der Waals surface area contributed by atoms with Crippen LogP contribution in [-0.4, -0.2) is 20.5 Å². The molecule has 0 atom stereocenters. The number of hydrogen-bond donors (Lipinski definition) is 0. The highest BCUT2D eigenvalue weighted by atomic mass is 32.2. The fourth-order valence-electron chi connectivity index (χ4n) is 2.19. The Hall–Kier alpha value is -2.60. The highest BCUT2D eigenvalue weighted by Crippen LogP contribution is 2.31. The van der Waals surface area contributed by atoms with Crippen molar-refractivity contribution >= 4 is 9.84 Å². The number of nitrogens with zero attached hydrogens (tertiary/aromatic N) is 1. The van der Waals surface area contributed by atoms with Crippen molar-refractivity contribution in [3.05, 3.63) is 60.5 Å². The summed E-state index contributed by atoms with van der Waals surface area (Å²) in [6, 6.07) is 13.6. The molecule has 0 N–H and O–H groups in total. The molecule has 0 bridgehead atoms. The van der Waals surface area contributed by atoms with Crippen molar-refractivity contribution in [3.8, 4) is 17.1 Å². The SMILES string of the molecule is COc1ccc(-c2ocnc2S(=O)(=O)c2ccc(C)cc2)cc1. The van der Waals surface area contributed by atoms with E-state index >= 15 is 0 Å². The summed E-state index contributed by atoms with van der Waals surface area (Å²) in [6.07, 6.45) is 1.14. The molecule has 1 heterocycles. The summed E-state index contributed by atoms with van der Waals surface area (Å²) in [5.74, 6) is 0.893. The van der Waals surface area contributed by atoms with E-state index in [1.165, 1.54) is 0 Å². The lowest BCUT2D eigenvalue weighted by atomic mass is 10.2. The second kappa shape index (κ2) is 5.89. The molecular weight excluding hydrogens is 314 g/mol. The molecule has 0 saturated carbocycles. The minimum atomic E-state index is -3.74. The largest absolute Gasteiger partial charge is 0.497 e. The first-order chi connectivity index (χ1) is 11.0. The molecule has 5 nitrogen and oxygen atoms in total. The monoisotopic (exact) mass is 329 g/mol. The quantitative estimate of drug-likeness (QED) is 0.733. The zero-order valence-corrected chi connectivity index (χ0v) is 13.5. The van der Waals surface area contributed by atoms with Crippen molar-refractivity contribution in [1.29, 1.82) is 0 Å². The molecule has 1 aromatic heterocycles. The highest BCUT2D eigenvalue weighted by molar-refractivity contribution is 7.91. The summed E-state index contributed by atoms with van der Waals surface area (Å²) < 4.78 is 36.0. The minimum Gasteiger partial charge on any atom is -0.497 e. The Morgan fingerprint density at radius 1 is 1.00 bits per heavy atom. The first-order valence-electron chi connectivity index (χ1n) is 6.92. The van der Waals surface area contributed by atoms with E-state index in [4.69, 9.17) is 9.15 Å². The van der Waals surface area contributed by atoms with Gasteiger partial charge in [-0.2, -0.15) is 0 Å². The highest BCUT2D eigenvalue weighted by Gasteiger charge is 2.26. The predicted octanol–water partition coefficient (Wildman–Crippen LogP) is 3.49. The molecule has 0 aliphatic rings. The topological polar surface area (TPSA) is 69.4 Å². The molecule has 0 amide bonds. The van der Waals surface area contributed by atoms with Crippen LogP contribution in [-0.2, 0) is 9.84 Å². The Kier molecular flexibility index (Phi) is 3.92. The van der Waals surface area contributed by atoms with E-state index in [0.717, 1.165) is 12.0 Å². The van der Waals surface area contributed by atoms with Crippen molar-refractivity contribution in [2.45, 2.75) is 16.8 Å². The van der Waals surface area contributed by atoms with Crippen LogP contribution in [0.25, 0.3) is 11.3 Å². The smallest absolute Gasteiger partial charge is 0.227 e. The van der Waals surface area contributed by atoms with Gasteiger partial charge in [-0.1, -0.05) is 17.7 Å². The Morgan fingerprint density at radius 2 is 1.65 bits per heavy atom. The third kappa shape index (κ3) is 2.85. The number of oxazole rings is 1. The first kappa shape index (κ1) is 15.3. The third-order valence-corrected chi connectivity index (χ3v) is 5.17.